The van der Waals surface area contributed by atoms with Gasteiger partial charge in [0, 0.05) is 25.3 Å². The van der Waals surface area contributed by atoms with Gasteiger partial charge >= 0.3 is 0 Å². The smallest absolute Gasteiger partial charge is 0.230 e. The van der Waals surface area contributed by atoms with Crippen LogP contribution in [0.3, 0.4) is 0 Å². The Hall–Kier alpha value is -3.49. The number of ether oxygens (including phenoxy) is 1. The molecule has 1 amide bonds. The molecule has 2 aliphatic rings. The fourth-order valence-electron chi connectivity index (χ4n) is 5.61. The number of aliphatic hydroxyl groups is 1. The van der Waals surface area contributed by atoms with Gasteiger partial charge in [0.2, 0.25) is 5.91 Å². The van der Waals surface area contributed by atoms with Crippen molar-refractivity contribution in [3.05, 3.63) is 89.2 Å². The molecule has 0 radical (unpaired) electrons. The van der Waals surface area contributed by atoms with Gasteiger partial charge < -0.3 is 25.0 Å². The van der Waals surface area contributed by atoms with Crippen LogP contribution in [0.15, 0.2) is 66.7 Å². The summed E-state index contributed by atoms with van der Waals surface area (Å²) in [5.41, 5.74) is 3.96. The summed E-state index contributed by atoms with van der Waals surface area (Å²) in [6.07, 6.45) is 0.505. The summed E-state index contributed by atoms with van der Waals surface area (Å²) in [7, 11) is 1.84. The zero-order valence-corrected chi connectivity index (χ0v) is 22.5. The molecule has 1 fully saturated rings. The maximum absolute atomic E-state index is 13.8. The number of para-hydroxylation sites is 1. The summed E-state index contributed by atoms with van der Waals surface area (Å²) in [5, 5.41) is 14.2. The molecule has 0 aliphatic carbocycles. The molecule has 8 heteroatoms. The van der Waals surface area contributed by atoms with Gasteiger partial charge in [0.15, 0.2) is 5.11 Å². The Bertz CT molecular complexity index is 1350. The summed E-state index contributed by atoms with van der Waals surface area (Å²) >= 11 is 5.68. The number of hydrogen-bond donors (Lipinski definition) is 2. The van der Waals surface area contributed by atoms with Crippen LogP contribution in [0.25, 0.3) is 0 Å². The van der Waals surface area contributed by atoms with Crippen molar-refractivity contribution in [3.63, 3.8) is 0 Å². The molecule has 3 aromatic carbocycles. The fourth-order valence-corrected chi connectivity index (χ4v) is 5.86. The van der Waals surface area contributed by atoms with E-state index in [1.54, 1.807) is 19.1 Å². The van der Waals surface area contributed by atoms with E-state index < -0.39 is 12.0 Å². The van der Waals surface area contributed by atoms with Gasteiger partial charge in [-0.2, -0.15) is 0 Å². The third kappa shape index (κ3) is 5.11. The van der Waals surface area contributed by atoms with Crippen molar-refractivity contribution in [1.82, 2.24) is 9.80 Å². The lowest BCUT2D eigenvalue weighted by atomic mass is 9.77. The third-order valence-electron chi connectivity index (χ3n) is 7.68. The van der Waals surface area contributed by atoms with E-state index in [0.717, 1.165) is 29.0 Å². The Labute approximate surface area is 228 Å². The van der Waals surface area contributed by atoms with Gasteiger partial charge in [-0.15, -0.1) is 0 Å². The number of hydrogen-bond acceptors (Lipinski definition) is 4. The minimum atomic E-state index is -0.846. The predicted molar refractivity (Wildman–Crippen MR) is 150 cm³/mol. The zero-order chi connectivity index (χ0) is 27.0. The van der Waals surface area contributed by atoms with Crippen molar-refractivity contribution >= 4 is 28.9 Å². The Morgan fingerprint density at radius 1 is 1.18 bits per heavy atom. The molecule has 2 N–H and O–H groups in total. The molecule has 0 bridgehead atoms. The summed E-state index contributed by atoms with van der Waals surface area (Å²) in [6.45, 7) is 4.27. The lowest BCUT2D eigenvalue weighted by Crippen LogP contribution is -2.60. The van der Waals surface area contributed by atoms with Crippen molar-refractivity contribution < 1.29 is 19.0 Å². The number of piperidine rings is 1. The molecular formula is C30H32FN3O3S. The minimum Gasteiger partial charge on any atom is -0.457 e. The lowest BCUT2D eigenvalue weighted by molar-refractivity contribution is -0.151. The van der Waals surface area contributed by atoms with E-state index in [2.05, 4.69) is 11.4 Å². The van der Waals surface area contributed by atoms with Crippen LogP contribution in [0.4, 0.5) is 10.1 Å². The number of anilines is 1. The topological polar surface area (TPSA) is 65.0 Å². The van der Waals surface area contributed by atoms with E-state index in [9.17, 15) is 14.3 Å². The van der Waals surface area contributed by atoms with Crippen molar-refractivity contribution in [2.45, 2.75) is 44.9 Å². The number of nitrogens with zero attached hydrogens (tertiary/aromatic N) is 2. The lowest BCUT2D eigenvalue weighted by Gasteiger charge is -2.50. The number of halogens is 1. The first-order chi connectivity index (χ1) is 18.2. The molecule has 0 saturated carbocycles. The highest BCUT2D eigenvalue weighted by Crippen LogP contribution is 2.43. The van der Waals surface area contributed by atoms with Crippen molar-refractivity contribution in [1.29, 1.82) is 0 Å². The molecule has 6 nitrogen and oxygen atoms in total. The quantitative estimate of drug-likeness (QED) is 0.425. The molecule has 0 aromatic heterocycles. The number of carbonyl (C=O) groups excluding carboxylic acids is 1. The summed E-state index contributed by atoms with van der Waals surface area (Å²) in [4.78, 5) is 17.5. The van der Waals surface area contributed by atoms with E-state index in [1.165, 1.54) is 17.7 Å². The number of aliphatic hydroxyl groups excluding tert-OH is 1. The molecule has 1 saturated heterocycles. The van der Waals surface area contributed by atoms with Crippen molar-refractivity contribution in [2.75, 3.05) is 18.9 Å². The number of fused-ring (bicyclic) bond motifs is 3. The van der Waals surface area contributed by atoms with E-state index in [1.807, 2.05) is 60.2 Å². The van der Waals surface area contributed by atoms with Crippen LogP contribution >= 0.6 is 12.2 Å². The summed E-state index contributed by atoms with van der Waals surface area (Å²) in [5.74, 6) is 0.488. The van der Waals surface area contributed by atoms with Crippen LogP contribution in [0.5, 0.6) is 11.5 Å². The molecule has 0 spiro atoms. The average molecular weight is 534 g/mol. The predicted octanol–water partition coefficient (Wildman–Crippen LogP) is 5.45. The first kappa shape index (κ1) is 26.1. The van der Waals surface area contributed by atoms with Gasteiger partial charge in [-0.25, -0.2) is 4.39 Å². The number of amides is 1. The van der Waals surface area contributed by atoms with Crippen LogP contribution in [0.1, 0.15) is 36.1 Å². The fraction of sp³-hybridized carbons (Fsp3) is 0.333. The summed E-state index contributed by atoms with van der Waals surface area (Å²) < 4.78 is 19.6. The molecular weight excluding hydrogens is 501 g/mol. The SMILES string of the molecule is Cc1ccccc1Oc1ccc2c(c1)[C@@H]1C[C@H](N(C)C(=S)Nc3ccc(F)cc3)[C@H]([C@H](C)O)C(=O)N1CC2. The van der Waals surface area contributed by atoms with Crippen LogP contribution in [-0.2, 0) is 11.2 Å². The molecule has 2 aliphatic heterocycles. The number of rotatable bonds is 5. The Balaban J connectivity index is 1.43. The van der Waals surface area contributed by atoms with E-state index >= 15 is 0 Å². The van der Waals surface area contributed by atoms with Crippen molar-refractivity contribution in [2.24, 2.45) is 5.92 Å². The molecule has 4 atom stereocenters. The largest absolute Gasteiger partial charge is 0.457 e. The Morgan fingerprint density at radius 3 is 2.63 bits per heavy atom. The van der Waals surface area contributed by atoms with Gasteiger partial charge in [-0.05, 0) is 98.1 Å². The number of thiocarbonyl (C=S) groups is 1. The Kier molecular flexibility index (Phi) is 7.36. The molecule has 2 heterocycles. The van der Waals surface area contributed by atoms with Gasteiger partial charge in [0.25, 0.3) is 0 Å². The average Bonchev–Trinajstić information content (AvgIpc) is 2.90. The van der Waals surface area contributed by atoms with E-state index in [4.69, 9.17) is 17.0 Å². The summed E-state index contributed by atoms with van der Waals surface area (Å²) in [6, 6.07) is 19.4. The first-order valence-corrected chi connectivity index (χ1v) is 13.3. The second-order valence-electron chi connectivity index (χ2n) is 10.1. The number of carbonyl (C=O) groups is 1. The maximum Gasteiger partial charge on any atom is 0.230 e. The van der Waals surface area contributed by atoms with Crippen LogP contribution < -0.4 is 10.1 Å². The number of nitrogens with one attached hydrogen (secondary N) is 1. The molecule has 38 heavy (non-hydrogen) atoms. The van der Waals surface area contributed by atoms with E-state index in [-0.39, 0.29) is 23.8 Å². The van der Waals surface area contributed by atoms with Gasteiger partial charge in [0.05, 0.1) is 18.1 Å². The van der Waals surface area contributed by atoms with Gasteiger partial charge in [-0.3, -0.25) is 4.79 Å². The Morgan fingerprint density at radius 2 is 1.92 bits per heavy atom. The zero-order valence-electron chi connectivity index (χ0n) is 21.7. The maximum atomic E-state index is 13.8. The molecule has 0 unspecified atom stereocenters. The monoisotopic (exact) mass is 533 g/mol. The highest BCUT2D eigenvalue weighted by atomic mass is 32.1. The van der Waals surface area contributed by atoms with Gasteiger partial charge in [-0.1, -0.05) is 24.3 Å². The third-order valence-corrected chi connectivity index (χ3v) is 8.07. The first-order valence-electron chi connectivity index (χ1n) is 12.9. The minimum absolute atomic E-state index is 0.0754. The number of aryl methyl sites for hydroxylation is 1. The van der Waals surface area contributed by atoms with Crippen molar-refractivity contribution in [3.8, 4) is 11.5 Å². The second-order valence-corrected chi connectivity index (χ2v) is 10.5. The normalized spacial score (nSPS) is 21.2. The standard InChI is InChI=1S/C30H32FN3O3S/c1-18-6-4-5-7-27(18)37-23-13-8-20-14-15-34-25(24(20)16-23)17-26(28(19(2)35)29(34)36)33(3)30(38)32-22-11-9-21(31)10-12-22/h4-13,16,19,25-26,28,35H,14-15,17H2,1-3H3,(H,32,38)/t19-,25-,26-,28-/m0/s1. The molecule has 5 rings (SSSR count). The van der Waals surface area contributed by atoms with Crippen LogP contribution in [-0.4, -0.2) is 51.7 Å². The van der Waals surface area contributed by atoms with E-state index in [0.29, 0.717) is 23.8 Å². The molecule has 198 valence electrons. The number of benzene rings is 3. The molecule has 3 aromatic rings. The van der Waals surface area contributed by atoms with Gasteiger partial charge in [0.1, 0.15) is 17.3 Å². The van der Waals surface area contributed by atoms with Crippen LogP contribution in [0.2, 0.25) is 0 Å². The highest BCUT2D eigenvalue weighted by Gasteiger charge is 2.48. The second kappa shape index (κ2) is 10.7. The van der Waals surface area contributed by atoms with Crippen LogP contribution in [0, 0.1) is 18.7 Å². The highest BCUT2D eigenvalue weighted by molar-refractivity contribution is 7.80.